The molecule has 0 unspecified atom stereocenters. The molecule has 0 N–H and O–H groups in total. The lowest BCUT2D eigenvalue weighted by Crippen LogP contribution is -2.44. The van der Waals surface area contributed by atoms with E-state index in [-0.39, 0.29) is 0 Å². The van der Waals surface area contributed by atoms with Gasteiger partial charge in [-0.15, -0.1) is 0 Å². The molecule has 0 saturated heterocycles. The molecule has 0 heterocycles. The molecule has 0 spiro atoms. The average molecular weight is 236 g/mol. The summed E-state index contributed by atoms with van der Waals surface area (Å²) in [6.45, 7) is 13.8. The third kappa shape index (κ3) is 1.67. The topological polar surface area (TPSA) is 9.23 Å². The molecule has 2 aliphatic carbocycles. The lowest BCUT2D eigenvalue weighted by Gasteiger charge is -2.44. The summed E-state index contributed by atoms with van der Waals surface area (Å²) in [6.07, 6.45) is 5.84. The van der Waals surface area contributed by atoms with Gasteiger partial charge in [0, 0.05) is 11.8 Å². The highest BCUT2D eigenvalue weighted by Gasteiger charge is 2.46. The molecule has 0 fully saturated rings. The fourth-order valence-electron chi connectivity index (χ4n) is 2.31. The summed E-state index contributed by atoms with van der Waals surface area (Å²) in [4.78, 5) is 0. The highest BCUT2D eigenvalue weighted by Crippen LogP contribution is 2.50. The van der Waals surface area contributed by atoms with Gasteiger partial charge in [-0.3, -0.25) is 0 Å². The summed E-state index contributed by atoms with van der Waals surface area (Å²) >= 11 is 0. The van der Waals surface area contributed by atoms with Crippen LogP contribution in [-0.4, -0.2) is 8.32 Å². The molecule has 0 bridgehead atoms. The summed E-state index contributed by atoms with van der Waals surface area (Å²) < 4.78 is 6.44. The van der Waals surface area contributed by atoms with Crippen molar-refractivity contribution in [3.05, 3.63) is 23.5 Å². The summed E-state index contributed by atoms with van der Waals surface area (Å²) in [5, 5.41) is 0.303. The largest absolute Gasteiger partial charge is 0.546 e. The Labute approximate surface area is 101 Å². The van der Waals surface area contributed by atoms with Crippen LogP contribution in [0.15, 0.2) is 23.5 Å². The Bertz CT molecular complexity index is 357. The maximum absolute atomic E-state index is 6.44. The van der Waals surface area contributed by atoms with Crippen LogP contribution in [0.2, 0.25) is 18.1 Å². The second kappa shape index (κ2) is 3.49. The first-order valence-electron chi connectivity index (χ1n) is 6.30. The van der Waals surface area contributed by atoms with Gasteiger partial charge >= 0.3 is 0 Å². The molecule has 0 aliphatic heterocycles. The number of hydrogen-bond acceptors (Lipinski definition) is 1. The highest BCUT2D eigenvalue weighted by atomic mass is 28.4. The van der Waals surface area contributed by atoms with Gasteiger partial charge in [0.15, 0.2) is 0 Å². The van der Waals surface area contributed by atoms with Crippen LogP contribution in [0.25, 0.3) is 0 Å². The summed E-state index contributed by atoms with van der Waals surface area (Å²) in [6, 6.07) is 0. The van der Waals surface area contributed by atoms with E-state index in [4.69, 9.17) is 4.43 Å². The van der Waals surface area contributed by atoms with Gasteiger partial charge in [-0.1, -0.05) is 32.9 Å². The molecule has 0 aromatic carbocycles. The fourth-order valence-corrected chi connectivity index (χ4v) is 3.48. The third-order valence-corrected chi connectivity index (χ3v) is 8.91. The quantitative estimate of drug-likeness (QED) is 0.507. The Hall–Kier alpha value is -0.503. The smallest absolute Gasteiger partial charge is 0.250 e. The number of rotatable bonds is 2. The minimum absolute atomic E-state index is 0.303. The minimum atomic E-state index is -1.63. The van der Waals surface area contributed by atoms with Crippen LogP contribution in [0, 0.1) is 11.8 Å². The van der Waals surface area contributed by atoms with E-state index in [1.165, 1.54) is 17.8 Å². The van der Waals surface area contributed by atoms with E-state index in [2.05, 4.69) is 52.9 Å². The minimum Gasteiger partial charge on any atom is -0.546 e. The molecule has 0 aromatic heterocycles. The maximum Gasteiger partial charge on any atom is 0.250 e. The van der Waals surface area contributed by atoms with Crippen molar-refractivity contribution in [1.82, 2.24) is 0 Å². The van der Waals surface area contributed by atoms with Crippen molar-refractivity contribution in [3.63, 3.8) is 0 Å². The molecular formula is C14H24OSi. The molecule has 2 aliphatic rings. The molecule has 90 valence electrons. The first kappa shape index (κ1) is 12.0. The van der Waals surface area contributed by atoms with E-state index in [9.17, 15) is 0 Å². The predicted molar refractivity (Wildman–Crippen MR) is 71.7 cm³/mol. The molecule has 16 heavy (non-hydrogen) atoms. The van der Waals surface area contributed by atoms with E-state index >= 15 is 0 Å². The van der Waals surface area contributed by atoms with Crippen molar-refractivity contribution in [2.45, 2.75) is 52.2 Å². The number of allylic oxidation sites excluding steroid dienone is 4. The molecule has 0 saturated carbocycles. The second-order valence-corrected chi connectivity index (χ2v) is 11.4. The summed E-state index contributed by atoms with van der Waals surface area (Å²) in [5.41, 5.74) is 1.48. The molecule has 1 nitrogen and oxygen atoms in total. The first-order chi connectivity index (χ1) is 7.24. The lowest BCUT2D eigenvalue weighted by molar-refractivity contribution is 0.252. The van der Waals surface area contributed by atoms with Gasteiger partial charge in [-0.2, -0.15) is 0 Å². The van der Waals surface area contributed by atoms with Crippen LogP contribution >= 0.6 is 0 Å². The number of hydrogen-bond donors (Lipinski definition) is 0. The fraction of sp³-hybridized carbons (Fsp3) is 0.714. The summed E-state index contributed by atoms with van der Waals surface area (Å²) in [7, 11) is -1.63. The Morgan fingerprint density at radius 3 is 2.50 bits per heavy atom. The van der Waals surface area contributed by atoms with E-state index in [0.29, 0.717) is 16.9 Å². The first-order valence-corrected chi connectivity index (χ1v) is 9.21. The number of fused-ring (bicyclic) bond motifs is 1. The van der Waals surface area contributed by atoms with Crippen LogP contribution < -0.4 is 0 Å². The Balaban J connectivity index is 2.13. The predicted octanol–water partition coefficient (Wildman–Crippen LogP) is 4.49. The van der Waals surface area contributed by atoms with Crippen LogP contribution in [0.3, 0.4) is 0 Å². The van der Waals surface area contributed by atoms with E-state index in [1.807, 2.05) is 0 Å². The van der Waals surface area contributed by atoms with Crippen LogP contribution in [0.1, 0.15) is 34.1 Å². The van der Waals surface area contributed by atoms with Crippen molar-refractivity contribution < 1.29 is 4.43 Å². The molecule has 0 aromatic rings. The van der Waals surface area contributed by atoms with Gasteiger partial charge in [0.1, 0.15) is 0 Å². The van der Waals surface area contributed by atoms with Crippen molar-refractivity contribution in [2.24, 2.45) is 11.8 Å². The molecule has 2 heteroatoms. The standard InChI is InChI=1S/C14H24OSi/c1-10-11-8-7-9-12(11)13(10)15-16(5,6)14(2,3)4/h7-8,11-12H,9H2,1-6H3/t11-,12-/m1/s1. The van der Waals surface area contributed by atoms with Gasteiger partial charge in [0.2, 0.25) is 8.32 Å². The van der Waals surface area contributed by atoms with E-state index in [1.54, 1.807) is 0 Å². The maximum atomic E-state index is 6.44. The van der Waals surface area contributed by atoms with Gasteiger partial charge in [-0.05, 0) is 37.0 Å². The zero-order valence-electron chi connectivity index (χ0n) is 11.4. The van der Waals surface area contributed by atoms with Gasteiger partial charge in [0.05, 0.1) is 5.76 Å². The van der Waals surface area contributed by atoms with Crippen molar-refractivity contribution >= 4 is 8.32 Å². The monoisotopic (exact) mass is 236 g/mol. The second-order valence-electron chi connectivity index (χ2n) is 6.71. The van der Waals surface area contributed by atoms with Gasteiger partial charge in [0.25, 0.3) is 0 Å². The van der Waals surface area contributed by atoms with E-state index in [0.717, 1.165) is 0 Å². The molecule has 2 atom stereocenters. The zero-order valence-corrected chi connectivity index (χ0v) is 12.4. The Kier molecular flexibility index (Phi) is 2.61. The van der Waals surface area contributed by atoms with Crippen LogP contribution in [0.4, 0.5) is 0 Å². The molecule has 0 amide bonds. The van der Waals surface area contributed by atoms with E-state index < -0.39 is 8.32 Å². The van der Waals surface area contributed by atoms with Crippen LogP contribution in [0.5, 0.6) is 0 Å². The highest BCUT2D eigenvalue weighted by molar-refractivity contribution is 6.74. The zero-order chi connectivity index (χ0) is 12.1. The Morgan fingerprint density at radius 1 is 1.31 bits per heavy atom. The average Bonchev–Trinajstić information content (AvgIpc) is 2.56. The normalized spacial score (nSPS) is 29.1. The van der Waals surface area contributed by atoms with Crippen LogP contribution in [-0.2, 0) is 4.43 Å². The molecular weight excluding hydrogens is 212 g/mol. The SMILES string of the molecule is CC1=C(O[Si](C)(C)C(C)(C)C)[C@@H]2CC=C[C@H]12. The molecule has 2 rings (SSSR count). The van der Waals surface area contributed by atoms with Gasteiger partial charge < -0.3 is 4.43 Å². The Morgan fingerprint density at radius 2 is 1.94 bits per heavy atom. The van der Waals surface area contributed by atoms with Crippen molar-refractivity contribution in [1.29, 1.82) is 0 Å². The lowest BCUT2D eigenvalue weighted by atomic mass is 9.76. The van der Waals surface area contributed by atoms with Gasteiger partial charge in [-0.25, -0.2) is 0 Å². The molecule has 0 radical (unpaired) electrons. The third-order valence-electron chi connectivity index (χ3n) is 4.56. The summed E-state index contributed by atoms with van der Waals surface area (Å²) in [5.74, 6) is 2.69. The van der Waals surface area contributed by atoms with Crippen molar-refractivity contribution in [3.8, 4) is 0 Å². The van der Waals surface area contributed by atoms with Crippen molar-refractivity contribution in [2.75, 3.05) is 0 Å².